The van der Waals surface area contributed by atoms with Crippen LogP contribution in [0.5, 0.6) is 0 Å². The van der Waals surface area contributed by atoms with Crippen molar-refractivity contribution in [2.24, 2.45) is 7.05 Å². The first-order chi connectivity index (χ1) is 9.15. The van der Waals surface area contributed by atoms with E-state index >= 15 is 0 Å². The quantitative estimate of drug-likeness (QED) is 0.881. The van der Waals surface area contributed by atoms with Crippen molar-refractivity contribution in [2.45, 2.75) is 25.7 Å². The van der Waals surface area contributed by atoms with Crippen LogP contribution in [0.25, 0.3) is 0 Å². The van der Waals surface area contributed by atoms with Gasteiger partial charge >= 0.3 is 0 Å². The van der Waals surface area contributed by atoms with Gasteiger partial charge in [-0.3, -0.25) is 9.48 Å². The number of aryl methyl sites for hydroxylation is 2. The Hall–Kier alpha value is -1.62. The molecule has 0 saturated heterocycles. The number of thiophene rings is 1. The fourth-order valence-electron chi connectivity index (χ4n) is 1.89. The SMILES string of the molecule is C[C@@H](CNC(=O)CCc1cnn(C)c1)c1ccsc1. The molecule has 0 radical (unpaired) electrons. The van der Waals surface area contributed by atoms with Gasteiger partial charge in [-0.1, -0.05) is 6.92 Å². The molecule has 1 N–H and O–H groups in total. The minimum atomic E-state index is 0.103. The summed E-state index contributed by atoms with van der Waals surface area (Å²) in [5.41, 5.74) is 2.39. The molecule has 0 bridgehead atoms. The van der Waals surface area contributed by atoms with Gasteiger partial charge in [-0.05, 0) is 40.3 Å². The molecule has 0 unspecified atom stereocenters. The Morgan fingerprint density at radius 1 is 1.58 bits per heavy atom. The smallest absolute Gasteiger partial charge is 0.220 e. The van der Waals surface area contributed by atoms with Gasteiger partial charge in [0.15, 0.2) is 0 Å². The number of aromatic nitrogens is 2. The molecular formula is C14H19N3OS. The number of nitrogens with zero attached hydrogens (tertiary/aromatic N) is 2. The number of nitrogens with one attached hydrogen (secondary N) is 1. The average Bonchev–Trinajstić information content (AvgIpc) is 3.04. The first-order valence-electron chi connectivity index (χ1n) is 6.41. The fraction of sp³-hybridized carbons (Fsp3) is 0.429. The zero-order valence-electron chi connectivity index (χ0n) is 11.3. The van der Waals surface area contributed by atoms with Crippen LogP contribution in [0.1, 0.15) is 30.4 Å². The Morgan fingerprint density at radius 2 is 2.42 bits per heavy atom. The molecule has 0 saturated carbocycles. The van der Waals surface area contributed by atoms with Crippen molar-refractivity contribution in [1.29, 1.82) is 0 Å². The van der Waals surface area contributed by atoms with Crippen LogP contribution in [0.4, 0.5) is 0 Å². The summed E-state index contributed by atoms with van der Waals surface area (Å²) in [6, 6.07) is 2.11. The van der Waals surface area contributed by atoms with Crippen LogP contribution in [-0.4, -0.2) is 22.2 Å². The summed E-state index contributed by atoms with van der Waals surface area (Å²) in [6.45, 7) is 2.83. The van der Waals surface area contributed by atoms with Crippen molar-refractivity contribution >= 4 is 17.2 Å². The molecule has 0 fully saturated rings. The van der Waals surface area contributed by atoms with Crippen LogP contribution in [0.2, 0.25) is 0 Å². The minimum Gasteiger partial charge on any atom is -0.355 e. The summed E-state index contributed by atoms with van der Waals surface area (Å²) in [5.74, 6) is 0.472. The molecule has 19 heavy (non-hydrogen) atoms. The summed E-state index contributed by atoms with van der Waals surface area (Å²) >= 11 is 1.69. The molecule has 4 nitrogen and oxygen atoms in total. The number of amides is 1. The second kappa shape index (κ2) is 6.52. The van der Waals surface area contributed by atoms with Crippen molar-refractivity contribution in [3.05, 3.63) is 40.3 Å². The predicted molar refractivity (Wildman–Crippen MR) is 77.3 cm³/mol. The van der Waals surface area contributed by atoms with Crippen molar-refractivity contribution < 1.29 is 4.79 Å². The highest BCUT2D eigenvalue weighted by Gasteiger charge is 2.08. The first-order valence-corrected chi connectivity index (χ1v) is 7.35. The average molecular weight is 277 g/mol. The highest BCUT2D eigenvalue weighted by molar-refractivity contribution is 7.07. The lowest BCUT2D eigenvalue weighted by Crippen LogP contribution is -2.27. The number of hydrogen-bond donors (Lipinski definition) is 1. The minimum absolute atomic E-state index is 0.103. The van der Waals surface area contributed by atoms with E-state index in [0.717, 1.165) is 12.0 Å². The fourth-order valence-corrected chi connectivity index (χ4v) is 2.67. The predicted octanol–water partition coefficient (Wildman–Crippen LogP) is 2.33. The highest BCUT2D eigenvalue weighted by Crippen LogP contribution is 2.17. The van der Waals surface area contributed by atoms with Crippen LogP contribution in [-0.2, 0) is 18.3 Å². The van der Waals surface area contributed by atoms with Crippen LogP contribution < -0.4 is 5.32 Å². The molecule has 0 aromatic carbocycles. The molecule has 0 aliphatic rings. The van der Waals surface area contributed by atoms with Crippen molar-refractivity contribution in [2.75, 3.05) is 6.54 Å². The van der Waals surface area contributed by atoms with E-state index in [1.54, 1.807) is 22.2 Å². The Bertz CT molecular complexity index is 519. The van der Waals surface area contributed by atoms with Gasteiger partial charge < -0.3 is 5.32 Å². The first kappa shape index (κ1) is 13.8. The van der Waals surface area contributed by atoms with E-state index in [1.165, 1.54) is 5.56 Å². The maximum Gasteiger partial charge on any atom is 0.220 e. The van der Waals surface area contributed by atoms with Gasteiger partial charge in [0.05, 0.1) is 6.20 Å². The summed E-state index contributed by atoms with van der Waals surface area (Å²) in [6.07, 6.45) is 5.01. The van der Waals surface area contributed by atoms with E-state index < -0.39 is 0 Å². The third-order valence-electron chi connectivity index (χ3n) is 3.12. The summed E-state index contributed by atoms with van der Waals surface area (Å²) in [7, 11) is 1.88. The van der Waals surface area contributed by atoms with Crippen LogP contribution >= 0.6 is 11.3 Å². The number of carbonyl (C=O) groups excluding carboxylic acids is 1. The van der Waals surface area contributed by atoms with E-state index in [9.17, 15) is 4.79 Å². The molecule has 1 atom stereocenters. The molecule has 5 heteroatoms. The Kier molecular flexibility index (Phi) is 4.74. The second-order valence-electron chi connectivity index (χ2n) is 4.78. The number of carbonyl (C=O) groups is 1. The van der Waals surface area contributed by atoms with E-state index in [0.29, 0.717) is 18.9 Å². The van der Waals surface area contributed by atoms with E-state index in [-0.39, 0.29) is 5.91 Å². The van der Waals surface area contributed by atoms with Crippen molar-refractivity contribution in [1.82, 2.24) is 15.1 Å². The largest absolute Gasteiger partial charge is 0.355 e. The molecule has 102 valence electrons. The summed E-state index contributed by atoms with van der Waals surface area (Å²) in [4.78, 5) is 11.8. The van der Waals surface area contributed by atoms with Crippen molar-refractivity contribution in [3.63, 3.8) is 0 Å². The maximum absolute atomic E-state index is 11.8. The van der Waals surface area contributed by atoms with Gasteiger partial charge in [-0.2, -0.15) is 16.4 Å². The molecule has 2 rings (SSSR count). The third kappa shape index (κ3) is 4.21. The molecule has 0 spiro atoms. The molecule has 1 amide bonds. The van der Waals surface area contributed by atoms with Crippen molar-refractivity contribution in [3.8, 4) is 0 Å². The highest BCUT2D eigenvalue weighted by atomic mass is 32.1. The lowest BCUT2D eigenvalue weighted by atomic mass is 10.1. The zero-order valence-corrected chi connectivity index (χ0v) is 12.1. The molecule has 2 aromatic heterocycles. The Labute approximate surface area is 117 Å². The number of rotatable bonds is 6. The topological polar surface area (TPSA) is 46.9 Å². The number of hydrogen-bond acceptors (Lipinski definition) is 3. The van der Waals surface area contributed by atoms with E-state index in [1.807, 2.05) is 13.2 Å². The van der Waals surface area contributed by atoms with Gasteiger partial charge in [0.25, 0.3) is 0 Å². The Balaban J connectivity index is 1.70. The van der Waals surface area contributed by atoms with Gasteiger partial charge in [0.2, 0.25) is 5.91 Å². The molecule has 0 aliphatic heterocycles. The lowest BCUT2D eigenvalue weighted by Gasteiger charge is -2.11. The summed E-state index contributed by atoms with van der Waals surface area (Å²) < 4.78 is 1.76. The monoisotopic (exact) mass is 277 g/mol. The van der Waals surface area contributed by atoms with Gasteiger partial charge in [-0.15, -0.1) is 0 Å². The van der Waals surface area contributed by atoms with Crippen LogP contribution in [0, 0.1) is 0 Å². The van der Waals surface area contributed by atoms with Crippen LogP contribution in [0.3, 0.4) is 0 Å². The summed E-state index contributed by atoms with van der Waals surface area (Å²) in [5, 5.41) is 11.3. The van der Waals surface area contributed by atoms with E-state index in [2.05, 4.69) is 34.2 Å². The maximum atomic E-state index is 11.8. The van der Waals surface area contributed by atoms with Gasteiger partial charge in [0, 0.05) is 26.2 Å². The van der Waals surface area contributed by atoms with Crippen LogP contribution in [0.15, 0.2) is 29.2 Å². The zero-order chi connectivity index (χ0) is 13.7. The van der Waals surface area contributed by atoms with Gasteiger partial charge in [-0.25, -0.2) is 0 Å². The van der Waals surface area contributed by atoms with E-state index in [4.69, 9.17) is 0 Å². The molecule has 2 aromatic rings. The molecular weight excluding hydrogens is 258 g/mol. The Morgan fingerprint density at radius 3 is 3.05 bits per heavy atom. The standard InChI is InChI=1S/C14H19N3OS/c1-11(13-5-6-19-10-13)7-15-14(18)4-3-12-8-16-17(2)9-12/h5-6,8-11H,3-4,7H2,1-2H3,(H,15,18)/t11-/m0/s1. The lowest BCUT2D eigenvalue weighted by molar-refractivity contribution is -0.121. The normalized spacial score (nSPS) is 12.3. The second-order valence-corrected chi connectivity index (χ2v) is 5.56. The third-order valence-corrected chi connectivity index (χ3v) is 3.82. The molecule has 2 heterocycles. The van der Waals surface area contributed by atoms with Gasteiger partial charge in [0.1, 0.15) is 0 Å². The molecule has 0 aliphatic carbocycles.